The lowest BCUT2D eigenvalue weighted by atomic mass is 10.1. The Kier molecular flexibility index (Phi) is 3.92. The van der Waals surface area contributed by atoms with Crippen LogP contribution in [0.5, 0.6) is 0 Å². The summed E-state index contributed by atoms with van der Waals surface area (Å²) in [5, 5.41) is 3.22. The van der Waals surface area contributed by atoms with E-state index in [9.17, 15) is 4.39 Å². The second kappa shape index (κ2) is 5.43. The van der Waals surface area contributed by atoms with Crippen molar-refractivity contribution in [2.75, 3.05) is 5.32 Å². The predicted molar refractivity (Wildman–Crippen MR) is 66.4 cm³/mol. The highest BCUT2D eigenvalue weighted by Crippen LogP contribution is 2.34. The van der Waals surface area contributed by atoms with Crippen LogP contribution in [0.1, 0.15) is 45.2 Å². The Bertz CT molecular complexity index is 377. The average molecular weight is 237 g/mol. The molecule has 2 rings (SSSR count). The quantitative estimate of drug-likeness (QED) is 0.825. The number of aryl methyl sites for hydroxylation is 1. The number of nitrogens with zero attached hydrogens (tertiary/aromatic N) is 2. The molecular weight excluding hydrogens is 217 g/mol. The molecule has 1 aromatic rings. The second-order valence-electron chi connectivity index (χ2n) is 4.77. The largest absolute Gasteiger partial charge is 0.365 e. The van der Waals surface area contributed by atoms with Crippen molar-refractivity contribution in [2.45, 2.75) is 52.0 Å². The van der Waals surface area contributed by atoms with E-state index in [1.807, 2.05) is 6.92 Å². The van der Waals surface area contributed by atoms with Crippen LogP contribution < -0.4 is 5.32 Å². The van der Waals surface area contributed by atoms with E-state index in [0.29, 0.717) is 24.0 Å². The van der Waals surface area contributed by atoms with Gasteiger partial charge in [-0.1, -0.05) is 26.7 Å². The van der Waals surface area contributed by atoms with Crippen LogP contribution in [0.4, 0.5) is 10.2 Å². The summed E-state index contributed by atoms with van der Waals surface area (Å²) in [5.74, 6) is 0.914. The van der Waals surface area contributed by atoms with Crippen molar-refractivity contribution in [3.8, 4) is 0 Å². The number of halogens is 1. The van der Waals surface area contributed by atoms with Gasteiger partial charge in [0.15, 0.2) is 11.6 Å². The molecule has 0 spiro atoms. The third-order valence-corrected chi connectivity index (χ3v) is 3.34. The van der Waals surface area contributed by atoms with E-state index >= 15 is 0 Å². The fourth-order valence-corrected chi connectivity index (χ4v) is 2.03. The van der Waals surface area contributed by atoms with Crippen molar-refractivity contribution in [2.24, 2.45) is 5.92 Å². The predicted octanol–water partition coefficient (Wildman–Crippen LogP) is 3.17. The van der Waals surface area contributed by atoms with Crippen molar-refractivity contribution in [3.63, 3.8) is 0 Å². The van der Waals surface area contributed by atoms with Gasteiger partial charge in [0.2, 0.25) is 0 Å². The summed E-state index contributed by atoms with van der Waals surface area (Å²) in [6, 6.07) is 0.330. The molecule has 0 bridgehead atoms. The second-order valence-corrected chi connectivity index (χ2v) is 4.77. The molecule has 0 saturated heterocycles. The van der Waals surface area contributed by atoms with E-state index < -0.39 is 0 Å². The molecule has 1 aliphatic carbocycles. The van der Waals surface area contributed by atoms with Crippen LogP contribution in [0.3, 0.4) is 0 Å². The van der Waals surface area contributed by atoms with Gasteiger partial charge in [0.25, 0.3) is 0 Å². The number of hydrogen-bond acceptors (Lipinski definition) is 3. The number of aromatic nitrogens is 2. The molecule has 17 heavy (non-hydrogen) atoms. The minimum Gasteiger partial charge on any atom is -0.365 e. The highest BCUT2D eigenvalue weighted by atomic mass is 19.1. The van der Waals surface area contributed by atoms with Gasteiger partial charge in [-0.2, -0.15) is 0 Å². The molecular formula is C13H20FN3. The van der Waals surface area contributed by atoms with Gasteiger partial charge in [-0.25, -0.2) is 14.4 Å². The van der Waals surface area contributed by atoms with Gasteiger partial charge >= 0.3 is 0 Å². The molecule has 3 nitrogen and oxygen atoms in total. The molecule has 0 amide bonds. The molecule has 1 aromatic heterocycles. The van der Waals surface area contributed by atoms with Crippen molar-refractivity contribution >= 4 is 5.82 Å². The fraction of sp³-hybridized carbons (Fsp3) is 0.692. The molecule has 1 fully saturated rings. The Morgan fingerprint density at radius 3 is 2.76 bits per heavy atom. The zero-order valence-corrected chi connectivity index (χ0v) is 10.5. The summed E-state index contributed by atoms with van der Waals surface area (Å²) in [7, 11) is 0. The molecule has 1 N–H and O–H groups in total. The van der Waals surface area contributed by atoms with Gasteiger partial charge < -0.3 is 5.32 Å². The van der Waals surface area contributed by atoms with Gasteiger partial charge in [0.05, 0.1) is 5.69 Å². The maximum atomic E-state index is 13.9. The lowest BCUT2D eigenvalue weighted by molar-refractivity contribution is 0.562. The Morgan fingerprint density at radius 2 is 2.18 bits per heavy atom. The Hall–Kier alpha value is -1.19. The van der Waals surface area contributed by atoms with E-state index in [0.717, 1.165) is 18.8 Å². The van der Waals surface area contributed by atoms with E-state index in [4.69, 9.17) is 0 Å². The third kappa shape index (κ3) is 3.14. The van der Waals surface area contributed by atoms with Gasteiger partial charge in [0.1, 0.15) is 6.33 Å². The van der Waals surface area contributed by atoms with Crippen molar-refractivity contribution in [1.82, 2.24) is 9.97 Å². The number of nitrogens with one attached hydrogen (secondary N) is 1. The lowest BCUT2D eigenvalue weighted by Gasteiger charge is -2.18. The number of hydrogen-bond donors (Lipinski definition) is 1. The molecule has 0 aliphatic heterocycles. The normalized spacial score (nSPS) is 16.9. The van der Waals surface area contributed by atoms with Gasteiger partial charge in [0, 0.05) is 6.04 Å². The van der Waals surface area contributed by atoms with Crippen LogP contribution in [-0.4, -0.2) is 16.0 Å². The average Bonchev–Trinajstić information content (AvgIpc) is 3.14. The zero-order chi connectivity index (χ0) is 12.3. The van der Waals surface area contributed by atoms with E-state index in [1.165, 1.54) is 19.2 Å². The Labute approximate surface area is 102 Å². The molecule has 0 aromatic carbocycles. The summed E-state index contributed by atoms with van der Waals surface area (Å²) in [6.07, 6.45) is 6.81. The monoisotopic (exact) mass is 237 g/mol. The van der Waals surface area contributed by atoms with Crippen LogP contribution in [0, 0.1) is 11.7 Å². The Morgan fingerprint density at radius 1 is 1.41 bits per heavy atom. The summed E-state index contributed by atoms with van der Waals surface area (Å²) < 4.78 is 13.9. The molecule has 4 heteroatoms. The van der Waals surface area contributed by atoms with E-state index in [1.54, 1.807) is 0 Å². The van der Waals surface area contributed by atoms with Crippen molar-refractivity contribution < 1.29 is 4.39 Å². The first-order valence-corrected chi connectivity index (χ1v) is 6.50. The third-order valence-electron chi connectivity index (χ3n) is 3.34. The van der Waals surface area contributed by atoms with Gasteiger partial charge in [-0.05, 0) is 25.2 Å². The van der Waals surface area contributed by atoms with E-state index in [-0.39, 0.29) is 5.82 Å². The molecule has 1 heterocycles. The maximum Gasteiger partial charge on any atom is 0.186 e. The van der Waals surface area contributed by atoms with Crippen molar-refractivity contribution in [3.05, 3.63) is 17.8 Å². The van der Waals surface area contributed by atoms with E-state index in [2.05, 4.69) is 22.2 Å². The molecule has 94 valence electrons. The summed E-state index contributed by atoms with van der Waals surface area (Å²) in [6.45, 7) is 4.02. The Balaban J connectivity index is 2.04. The number of anilines is 1. The summed E-state index contributed by atoms with van der Waals surface area (Å²) >= 11 is 0. The van der Waals surface area contributed by atoms with Crippen LogP contribution in [-0.2, 0) is 6.42 Å². The fourth-order valence-electron chi connectivity index (χ4n) is 2.03. The standard InChI is InChI=1S/C13H20FN3/c1-3-10(7-9-5-6-9)17-13-12(14)11(4-2)15-8-16-13/h8-10H,3-7H2,1-2H3,(H,15,16,17). The maximum absolute atomic E-state index is 13.9. The van der Waals surface area contributed by atoms with Crippen LogP contribution in [0.2, 0.25) is 0 Å². The minimum absolute atomic E-state index is 0.288. The van der Waals surface area contributed by atoms with Crippen molar-refractivity contribution in [1.29, 1.82) is 0 Å². The summed E-state index contributed by atoms with van der Waals surface area (Å²) in [5.41, 5.74) is 0.490. The highest BCUT2D eigenvalue weighted by Gasteiger charge is 2.25. The van der Waals surface area contributed by atoms with Crippen LogP contribution in [0.15, 0.2) is 6.33 Å². The molecule has 0 radical (unpaired) electrons. The first-order chi connectivity index (χ1) is 8.24. The minimum atomic E-state index is -0.288. The van der Waals surface area contributed by atoms with Gasteiger partial charge in [-0.15, -0.1) is 0 Å². The lowest BCUT2D eigenvalue weighted by Crippen LogP contribution is -2.21. The topological polar surface area (TPSA) is 37.8 Å². The first kappa shape index (κ1) is 12.3. The molecule has 1 atom stereocenters. The van der Waals surface area contributed by atoms with Gasteiger partial charge in [-0.3, -0.25) is 0 Å². The highest BCUT2D eigenvalue weighted by molar-refractivity contribution is 5.38. The summed E-state index contributed by atoms with van der Waals surface area (Å²) in [4.78, 5) is 7.94. The number of rotatable bonds is 6. The SMILES string of the molecule is CCc1ncnc(NC(CC)CC2CC2)c1F. The van der Waals surface area contributed by atoms with Crippen LogP contribution in [0.25, 0.3) is 0 Å². The molecule has 1 saturated carbocycles. The first-order valence-electron chi connectivity index (χ1n) is 6.50. The van der Waals surface area contributed by atoms with Crippen LogP contribution >= 0.6 is 0 Å². The molecule has 1 unspecified atom stereocenters. The smallest absolute Gasteiger partial charge is 0.186 e. The molecule has 1 aliphatic rings. The zero-order valence-electron chi connectivity index (χ0n) is 10.5.